The Hall–Kier alpha value is -0.960. The molecule has 1 aliphatic heterocycles. The maximum absolute atomic E-state index is 5.72. The van der Waals surface area contributed by atoms with Crippen LogP contribution in [0.15, 0.2) is 12.3 Å². The summed E-state index contributed by atoms with van der Waals surface area (Å²) < 4.78 is 9.97. The molecule has 2 rings (SSSR count). The second-order valence-corrected chi connectivity index (χ2v) is 2.24. The monoisotopic (exact) mass is 157 g/mol. The Morgan fingerprint density at radius 3 is 3.20 bits per heavy atom. The van der Waals surface area contributed by atoms with Gasteiger partial charge in [-0.3, -0.25) is 0 Å². The molecule has 0 radical (unpaired) electrons. The molecule has 0 amide bonds. The number of rotatable bonds is 0. The Labute approximate surface area is 62.5 Å². The quantitative estimate of drug-likeness (QED) is 0.572. The number of fused-ring (bicyclic) bond motifs is 1. The van der Waals surface area contributed by atoms with E-state index >= 15 is 0 Å². The fourth-order valence-electron chi connectivity index (χ4n) is 0.785. The third-order valence-corrected chi connectivity index (χ3v) is 1.52. The molecule has 2 heterocycles. The lowest BCUT2D eigenvalue weighted by atomic mass is 10.4. The molecule has 10 heavy (non-hydrogen) atoms. The Balaban J connectivity index is 2.59. The molecule has 0 unspecified atom stereocenters. The van der Waals surface area contributed by atoms with Crippen LogP contribution < -0.4 is 9.47 Å². The summed E-state index contributed by atoms with van der Waals surface area (Å²) in [6.07, 6.45) is 1.58. The Bertz CT molecular complexity index is 264. The average Bonchev–Trinajstić information content (AvgIpc) is 2.36. The zero-order chi connectivity index (χ0) is 6.97. The van der Waals surface area contributed by atoms with E-state index in [1.807, 2.05) is 0 Å². The van der Waals surface area contributed by atoms with E-state index < -0.39 is 0 Å². The van der Waals surface area contributed by atoms with Gasteiger partial charge in [-0.25, -0.2) is 4.98 Å². The van der Waals surface area contributed by atoms with Gasteiger partial charge in [-0.05, 0) is 6.07 Å². The van der Waals surface area contributed by atoms with Gasteiger partial charge in [-0.15, -0.1) is 0 Å². The molecule has 0 spiro atoms. The summed E-state index contributed by atoms with van der Waals surface area (Å²) in [5.41, 5.74) is 0. The molecule has 0 fully saturated rings. The Morgan fingerprint density at radius 2 is 2.40 bits per heavy atom. The number of nitrogens with zero attached hydrogens (tertiary/aromatic N) is 1. The minimum atomic E-state index is 0.214. The number of halogens is 1. The van der Waals surface area contributed by atoms with Crippen LogP contribution in [0.3, 0.4) is 0 Å². The van der Waals surface area contributed by atoms with Gasteiger partial charge in [0.25, 0.3) is 5.88 Å². The van der Waals surface area contributed by atoms with Gasteiger partial charge in [0.1, 0.15) is 0 Å². The molecule has 0 aromatic carbocycles. The van der Waals surface area contributed by atoms with Gasteiger partial charge >= 0.3 is 0 Å². The van der Waals surface area contributed by atoms with Crippen LogP contribution in [-0.4, -0.2) is 11.8 Å². The van der Waals surface area contributed by atoms with E-state index in [1.54, 1.807) is 12.3 Å². The van der Waals surface area contributed by atoms with E-state index in [-0.39, 0.29) is 6.79 Å². The molecule has 0 atom stereocenters. The molecule has 52 valence electrons. The first-order chi connectivity index (χ1) is 4.88. The van der Waals surface area contributed by atoms with Crippen LogP contribution in [0.1, 0.15) is 0 Å². The summed E-state index contributed by atoms with van der Waals surface area (Å²) in [5, 5.41) is 0.544. The second-order valence-electron chi connectivity index (χ2n) is 1.83. The zero-order valence-electron chi connectivity index (χ0n) is 5.00. The maximum Gasteiger partial charge on any atom is 0.261 e. The average molecular weight is 158 g/mol. The van der Waals surface area contributed by atoms with Gasteiger partial charge in [0.15, 0.2) is 0 Å². The fraction of sp³-hybridized carbons (Fsp3) is 0.167. The highest BCUT2D eigenvalue weighted by Gasteiger charge is 2.16. The van der Waals surface area contributed by atoms with E-state index in [0.717, 1.165) is 0 Å². The number of hydrogen-bond donors (Lipinski definition) is 0. The van der Waals surface area contributed by atoms with Crippen LogP contribution in [0.2, 0.25) is 5.02 Å². The molecular formula is C6H4ClNO2. The van der Waals surface area contributed by atoms with Crippen molar-refractivity contribution in [1.29, 1.82) is 0 Å². The Morgan fingerprint density at radius 1 is 1.50 bits per heavy atom. The molecule has 0 saturated carbocycles. The molecule has 0 aliphatic carbocycles. The zero-order valence-corrected chi connectivity index (χ0v) is 5.76. The summed E-state index contributed by atoms with van der Waals surface area (Å²) >= 11 is 5.72. The van der Waals surface area contributed by atoms with Crippen molar-refractivity contribution in [1.82, 2.24) is 4.98 Å². The molecule has 0 bridgehead atoms. The summed E-state index contributed by atoms with van der Waals surface area (Å²) in [4.78, 5) is 3.89. The first-order valence-corrected chi connectivity index (χ1v) is 3.16. The number of pyridine rings is 1. The van der Waals surface area contributed by atoms with Gasteiger partial charge in [-0.2, -0.15) is 0 Å². The van der Waals surface area contributed by atoms with E-state index in [1.165, 1.54) is 0 Å². The normalized spacial score (nSPS) is 13.7. The van der Waals surface area contributed by atoms with E-state index in [0.29, 0.717) is 16.7 Å². The van der Waals surface area contributed by atoms with Crippen molar-refractivity contribution in [2.75, 3.05) is 6.79 Å². The largest absolute Gasteiger partial charge is 0.450 e. The summed E-state index contributed by atoms with van der Waals surface area (Å²) in [6, 6.07) is 1.66. The highest BCUT2D eigenvalue weighted by molar-refractivity contribution is 6.32. The third kappa shape index (κ3) is 0.708. The van der Waals surface area contributed by atoms with Crippen molar-refractivity contribution in [2.45, 2.75) is 0 Å². The number of ether oxygens (including phenoxy) is 2. The van der Waals surface area contributed by atoms with Gasteiger partial charge in [0.2, 0.25) is 12.5 Å². The first-order valence-electron chi connectivity index (χ1n) is 2.78. The van der Waals surface area contributed by atoms with Crippen LogP contribution in [0, 0.1) is 0 Å². The van der Waals surface area contributed by atoms with Crippen LogP contribution >= 0.6 is 11.6 Å². The van der Waals surface area contributed by atoms with Gasteiger partial charge in [0, 0.05) is 6.20 Å². The fourth-order valence-corrected chi connectivity index (χ4v) is 0.976. The van der Waals surface area contributed by atoms with Gasteiger partial charge in [0.05, 0.1) is 5.02 Å². The molecule has 1 aromatic rings. The first kappa shape index (κ1) is 5.80. The van der Waals surface area contributed by atoms with E-state index in [4.69, 9.17) is 21.1 Å². The number of hydrogen-bond acceptors (Lipinski definition) is 3. The lowest BCUT2D eigenvalue weighted by Crippen LogP contribution is -1.93. The third-order valence-electron chi connectivity index (χ3n) is 1.22. The van der Waals surface area contributed by atoms with Gasteiger partial charge < -0.3 is 9.47 Å². The van der Waals surface area contributed by atoms with E-state index in [9.17, 15) is 0 Å². The smallest absolute Gasteiger partial charge is 0.261 e. The highest BCUT2D eigenvalue weighted by Crippen LogP contribution is 2.35. The highest BCUT2D eigenvalue weighted by atomic mass is 35.5. The lowest BCUT2D eigenvalue weighted by molar-refractivity contribution is 0.171. The SMILES string of the molecule is Clc1ccnc2c1OCO2. The van der Waals surface area contributed by atoms with Crippen molar-refractivity contribution in [3.8, 4) is 11.6 Å². The van der Waals surface area contributed by atoms with Crippen molar-refractivity contribution in [3.63, 3.8) is 0 Å². The number of aromatic nitrogens is 1. The molecule has 0 N–H and O–H groups in total. The standard InChI is InChI=1S/C6H4ClNO2/c7-4-1-2-8-6-5(4)9-3-10-6/h1-2H,3H2. The van der Waals surface area contributed by atoms with Crippen LogP contribution in [0.4, 0.5) is 0 Å². The molecule has 1 aromatic heterocycles. The maximum atomic E-state index is 5.72. The minimum Gasteiger partial charge on any atom is -0.450 e. The summed E-state index contributed by atoms with van der Waals surface area (Å²) in [6.45, 7) is 0.214. The van der Waals surface area contributed by atoms with Gasteiger partial charge in [-0.1, -0.05) is 11.6 Å². The molecule has 3 nitrogen and oxygen atoms in total. The summed E-state index contributed by atoms with van der Waals surface area (Å²) in [5.74, 6) is 1.02. The van der Waals surface area contributed by atoms with Crippen LogP contribution in [-0.2, 0) is 0 Å². The van der Waals surface area contributed by atoms with Crippen LogP contribution in [0.5, 0.6) is 11.6 Å². The van der Waals surface area contributed by atoms with Crippen LogP contribution in [0.25, 0.3) is 0 Å². The molecule has 0 saturated heterocycles. The lowest BCUT2D eigenvalue weighted by Gasteiger charge is -1.93. The molecular weight excluding hydrogens is 154 g/mol. The predicted octanol–water partition coefficient (Wildman–Crippen LogP) is 1.46. The Kier molecular flexibility index (Phi) is 1.17. The van der Waals surface area contributed by atoms with Crippen molar-refractivity contribution in [3.05, 3.63) is 17.3 Å². The summed E-state index contributed by atoms with van der Waals surface area (Å²) in [7, 11) is 0. The predicted molar refractivity (Wildman–Crippen MR) is 35.4 cm³/mol. The van der Waals surface area contributed by atoms with E-state index in [2.05, 4.69) is 4.98 Å². The molecule has 4 heteroatoms. The van der Waals surface area contributed by atoms with Crippen molar-refractivity contribution in [2.24, 2.45) is 0 Å². The minimum absolute atomic E-state index is 0.214. The van der Waals surface area contributed by atoms with Crippen molar-refractivity contribution >= 4 is 11.6 Å². The second kappa shape index (κ2) is 2.02. The molecule has 1 aliphatic rings. The topological polar surface area (TPSA) is 31.4 Å². The van der Waals surface area contributed by atoms with Crippen molar-refractivity contribution < 1.29 is 9.47 Å².